The average molecular weight is 390 g/mol. The second kappa shape index (κ2) is 10.7. The van der Waals surface area contributed by atoms with Crippen molar-refractivity contribution in [2.24, 2.45) is 11.5 Å². The van der Waals surface area contributed by atoms with Gasteiger partial charge in [-0.25, -0.2) is 9.97 Å². The molecule has 0 aliphatic rings. The summed E-state index contributed by atoms with van der Waals surface area (Å²) < 4.78 is 0. The summed E-state index contributed by atoms with van der Waals surface area (Å²) in [5.41, 5.74) is 17.1. The highest BCUT2D eigenvalue weighted by Gasteiger charge is 2.08. The zero-order valence-electron chi connectivity index (χ0n) is 17.2. The van der Waals surface area contributed by atoms with Crippen LogP contribution in [0, 0.1) is 6.92 Å². The predicted molar refractivity (Wildman–Crippen MR) is 121 cm³/mol. The van der Waals surface area contributed by atoms with Crippen molar-refractivity contribution in [2.45, 2.75) is 26.2 Å². The van der Waals surface area contributed by atoms with Crippen molar-refractivity contribution in [1.82, 2.24) is 9.97 Å². The number of anilines is 1. The van der Waals surface area contributed by atoms with E-state index in [4.69, 9.17) is 11.5 Å². The van der Waals surface area contributed by atoms with Crippen molar-refractivity contribution >= 4 is 5.69 Å². The van der Waals surface area contributed by atoms with Crippen LogP contribution in [-0.4, -0.2) is 36.1 Å². The second-order valence-electron chi connectivity index (χ2n) is 7.24. The van der Waals surface area contributed by atoms with Crippen molar-refractivity contribution in [2.75, 3.05) is 31.1 Å². The Balaban J connectivity index is 1.70. The molecule has 0 amide bonds. The maximum absolute atomic E-state index is 5.73. The molecular weight excluding hydrogens is 358 g/mol. The first-order valence-corrected chi connectivity index (χ1v) is 10.3. The average Bonchev–Trinajstić information content (AvgIpc) is 2.74. The molecule has 0 bridgehead atoms. The number of aromatic nitrogens is 2. The molecule has 0 unspecified atom stereocenters. The molecule has 0 fully saturated rings. The number of rotatable bonds is 10. The van der Waals surface area contributed by atoms with Crippen LogP contribution in [0.5, 0.6) is 0 Å². The first-order chi connectivity index (χ1) is 14.2. The Morgan fingerprint density at radius 3 is 2.17 bits per heavy atom. The third kappa shape index (κ3) is 6.11. The van der Waals surface area contributed by atoms with E-state index in [1.807, 2.05) is 6.92 Å². The lowest BCUT2D eigenvalue weighted by atomic mass is 10.1. The standard InChI is InChI=1S/C24H31N5/c1-19-27-22(9-5-8-20-6-3-2-4-7-20)18-24(28-19)21-10-12-23(13-11-21)29(16-14-25)17-15-26/h2-4,6-7,10-13,18H,5,8-9,14-17,25-26H2,1H3. The van der Waals surface area contributed by atoms with E-state index in [2.05, 4.69) is 75.5 Å². The third-order valence-corrected chi connectivity index (χ3v) is 4.96. The highest BCUT2D eigenvalue weighted by atomic mass is 15.1. The molecule has 2 aromatic carbocycles. The van der Waals surface area contributed by atoms with Gasteiger partial charge in [0.25, 0.3) is 0 Å². The lowest BCUT2D eigenvalue weighted by Crippen LogP contribution is -2.33. The normalized spacial score (nSPS) is 10.9. The van der Waals surface area contributed by atoms with Crippen molar-refractivity contribution < 1.29 is 0 Å². The van der Waals surface area contributed by atoms with Gasteiger partial charge < -0.3 is 16.4 Å². The van der Waals surface area contributed by atoms with E-state index >= 15 is 0 Å². The molecule has 0 saturated carbocycles. The highest BCUT2D eigenvalue weighted by molar-refractivity contribution is 5.63. The number of hydrogen-bond donors (Lipinski definition) is 2. The van der Waals surface area contributed by atoms with Gasteiger partial charge in [0, 0.05) is 43.1 Å². The Bertz CT molecular complexity index is 872. The first kappa shape index (κ1) is 21.0. The topological polar surface area (TPSA) is 81.1 Å². The van der Waals surface area contributed by atoms with E-state index in [9.17, 15) is 0 Å². The Labute approximate surface area is 173 Å². The van der Waals surface area contributed by atoms with Gasteiger partial charge in [0.05, 0.1) is 5.69 Å². The van der Waals surface area contributed by atoms with Gasteiger partial charge in [-0.05, 0) is 49.9 Å². The van der Waals surface area contributed by atoms with Crippen LogP contribution in [0.25, 0.3) is 11.3 Å². The number of nitrogens with zero attached hydrogens (tertiary/aromatic N) is 3. The SMILES string of the molecule is Cc1nc(CCCc2ccccc2)cc(-c2ccc(N(CCN)CCN)cc2)n1. The molecule has 0 spiro atoms. The Hall–Kier alpha value is -2.76. The minimum Gasteiger partial charge on any atom is -0.369 e. The van der Waals surface area contributed by atoms with Crippen molar-refractivity contribution in [3.8, 4) is 11.3 Å². The molecule has 1 heterocycles. The molecular formula is C24H31N5. The maximum Gasteiger partial charge on any atom is 0.126 e. The van der Waals surface area contributed by atoms with E-state index in [1.165, 1.54) is 5.56 Å². The summed E-state index contributed by atoms with van der Waals surface area (Å²) in [7, 11) is 0. The van der Waals surface area contributed by atoms with Crippen LogP contribution in [-0.2, 0) is 12.8 Å². The number of benzene rings is 2. The summed E-state index contributed by atoms with van der Waals surface area (Å²) in [4.78, 5) is 11.5. The lowest BCUT2D eigenvalue weighted by Gasteiger charge is -2.23. The summed E-state index contributed by atoms with van der Waals surface area (Å²) in [5.74, 6) is 0.814. The van der Waals surface area contributed by atoms with Crippen LogP contribution in [0.2, 0.25) is 0 Å². The molecule has 0 aliphatic carbocycles. The molecule has 5 heteroatoms. The first-order valence-electron chi connectivity index (χ1n) is 10.3. The van der Waals surface area contributed by atoms with Gasteiger partial charge in [-0.1, -0.05) is 42.5 Å². The molecule has 0 saturated heterocycles. The van der Waals surface area contributed by atoms with Crippen molar-refractivity contribution in [1.29, 1.82) is 0 Å². The molecule has 0 radical (unpaired) electrons. The monoisotopic (exact) mass is 389 g/mol. The van der Waals surface area contributed by atoms with Gasteiger partial charge in [0.2, 0.25) is 0 Å². The smallest absolute Gasteiger partial charge is 0.126 e. The van der Waals surface area contributed by atoms with Gasteiger partial charge in [0.1, 0.15) is 5.82 Å². The fourth-order valence-corrected chi connectivity index (χ4v) is 3.55. The van der Waals surface area contributed by atoms with E-state index in [0.29, 0.717) is 13.1 Å². The number of hydrogen-bond acceptors (Lipinski definition) is 5. The third-order valence-electron chi connectivity index (χ3n) is 4.96. The van der Waals surface area contributed by atoms with Crippen LogP contribution >= 0.6 is 0 Å². The minimum atomic E-state index is 0.610. The fourth-order valence-electron chi connectivity index (χ4n) is 3.55. The van der Waals surface area contributed by atoms with Gasteiger partial charge in [-0.2, -0.15) is 0 Å². The minimum absolute atomic E-state index is 0.610. The van der Waals surface area contributed by atoms with Crippen LogP contribution in [0.1, 0.15) is 23.5 Å². The second-order valence-corrected chi connectivity index (χ2v) is 7.24. The Morgan fingerprint density at radius 2 is 1.52 bits per heavy atom. The zero-order valence-corrected chi connectivity index (χ0v) is 17.2. The number of aryl methyl sites for hydroxylation is 3. The highest BCUT2D eigenvalue weighted by Crippen LogP contribution is 2.23. The van der Waals surface area contributed by atoms with E-state index in [1.54, 1.807) is 0 Å². The molecule has 3 aromatic rings. The zero-order chi connectivity index (χ0) is 20.5. The molecule has 1 aromatic heterocycles. The molecule has 4 N–H and O–H groups in total. The molecule has 152 valence electrons. The number of nitrogens with two attached hydrogens (primary N) is 2. The summed E-state index contributed by atoms with van der Waals surface area (Å²) in [5, 5.41) is 0. The summed E-state index contributed by atoms with van der Waals surface area (Å²) >= 11 is 0. The van der Waals surface area contributed by atoms with Crippen LogP contribution < -0.4 is 16.4 Å². The largest absolute Gasteiger partial charge is 0.369 e. The molecule has 5 nitrogen and oxygen atoms in total. The van der Waals surface area contributed by atoms with E-state index < -0.39 is 0 Å². The lowest BCUT2D eigenvalue weighted by molar-refractivity contribution is 0.782. The predicted octanol–water partition coefficient (Wildman–Crippen LogP) is 3.35. The van der Waals surface area contributed by atoms with Gasteiger partial charge in [0.15, 0.2) is 0 Å². The van der Waals surface area contributed by atoms with E-state index in [-0.39, 0.29) is 0 Å². The maximum atomic E-state index is 5.73. The molecule has 0 aliphatic heterocycles. The van der Waals surface area contributed by atoms with E-state index in [0.717, 1.165) is 60.8 Å². The summed E-state index contributed by atoms with van der Waals surface area (Å²) in [6.45, 7) is 4.78. The van der Waals surface area contributed by atoms with Crippen LogP contribution in [0.3, 0.4) is 0 Å². The Morgan fingerprint density at radius 1 is 0.828 bits per heavy atom. The van der Waals surface area contributed by atoms with Crippen molar-refractivity contribution in [3.63, 3.8) is 0 Å². The van der Waals surface area contributed by atoms with Gasteiger partial charge >= 0.3 is 0 Å². The molecule has 0 atom stereocenters. The van der Waals surface area contributed by atoms with Crippen LogP contribution in [0.4, 0.5) is 5.69 Å². The Kier molecular flexibility index (Phi) is 7.73. The molecule has 29 heavy (non-hydrogen) atoms. The van der Waals surface area contributed by atoms with Gasteiger partial charge in [-0.3, -0.25) is 0 Å². The molecule has 3 rings (SSSR count). The summed E-state index contributed by atoms with van der Waals surface area (Å²) in [6, 6.07) is 21.2. The van der Waals surface area contributed by atoms with Crippen LogP contribution in [0.15, 0.2) is 60.7 Å². The summed E-state index contributed by atoms with van der Waals surface area (Å²) in [6.07, 6.45) is 3.09. The quantitative estimate of drug-likeness (QED) is 0.556. The van der Waals surface area contributed by atoms with Gasteiger partial charge in [-0.15, -0.1) is 0 Å². The van der Waals surface area contributed by atoms with Crippen molar-refractivity contribution in [3.05, 3.63) is 77.7 Å². The fraction of sp³-hybridized carbons (Fsp3) is 0.333.